The second kappa shape index (κ2) is 7.87. The van der Waals surface area contributed by atoms with Crippen LogP contribution in [-0.4, -0.2) is 34.6 Å². The molecule has 0 saturated carbocycles. The molecular formula is C17H20N2O3S. The van der Waals surface area contributed by atoms with Crippen LogP contribution in [0, 0.1) is 10.1 Å². The van der Waals surface area contributed by atoms with Crippen molar-refractivity contribution in [3.63, 3.8) is 0 Å². The number of rotatable bonds is 6. The first-order chi connectivity index (χ1) is 11.1. The van der Waals surface area contributed by atoms with Gasteiger partial charge in [-0.3, -0.25) is 10.1 Å². The van der Waals surface area contributed by atoms with Crippen molar-refractivity contribution in [2.24, 2.45) is 0 Å². The fourth-order valence-corrected chi connectivity index (χ4v) is 2.92. The number of benzene rings is 2. The van der Waals surface area contributed by atoms with Crippen molar-refractivity contribution >= 4 is 28.2 Å². The van der Waals surface area contributed by atoms with Gasteiger partial charge in [0.15, 0.2) is 6.10 Å². The maximum atomic E-state index is 11.1. The number of hydrogen-bond acceptors (Lipinski definition) is 4. The lowest BCUT2D eigenvalue weighted by Gasteiger charge is -2.25. The third-order valence-corrected chi connectivity index (χ3v) is 4.10. The molecule has 122 valence electrons. The molecule has 0 aromatic heterocycles. The zero-order valence-electron chi connectivity index (χ0n) is 13.3. The first-order valence-electron chi connectivity index (χ1n) is 7.61. The molecule has 0 fully saturated rings. The zero-order valence-corrected chi connectivity index (χ0v) is 14.1. The quantitative estimate of drug-likeness (QED) is 0.457. The Labute approximate surface area is 141 Å². The van der Waals surface area contributed by atoms with Crippen molar-refractivity contribution in [2.45, 2.75) is 20.0 Å². The van der Waals surface area contributed by atoms with E-state index in [9.17, 15) is 10.1 Å². The van der Waals surface area contributed by atoms with Gasteiger partial charge < -0.3 is 9.64 Å². The van der Waals surface area contributed by atoms with Crippen LogP contribution in [0.1, 0.15) is 25.5 Å². The summed E-state index contributed by atoms with van der Waals surface area (Å²) in [6.07, 6.45) is -0.704. The molecule has 0 heterocycles. The third kappa shape index (κ3) is 4.16. The fraction of sp³-hybridized carbons (Fsp3) is 0.353. The molecule has 0 amide bonds. The average Bonchev–Trinajstić information content (AvgIpc) is 2.54. The van der Waals surface area contributed by atoms with Crippen molar-refractivity contribution in [2.75, 3.05) is 19.6 Å². The van der Waals surface area contributed by atoms with Gasteiger partial charge in [0.25, 0.3) is 5.17 Å². The van der Waals surface area contributed by atoms with Crippen LogP contribution in [0.2, 0.25) is 0 Å². The van der Waals surface area contributed by atoms with Crippen molar-refractivity contribution < 1.29 is 9.66 Å². The molecule has 0 aliphatic carbocycles. The molecule has 0 saturated heterocycles. The van der Waals surface area contributed by atoms with Gasteiger partial charge in [-0.15, -0.1) is 0 Å². The minimum atomic E-state index is -0.704. The first kappa shape index (κ1) is 17.1. The van der Waals surface area contributed by atoms with Crippen LogP contribution >= 0.6 is 12.2 Å². The number of nitro groups is 1. The van der Waals surface area contributed by atoms with Crippen molar-refractivity contribution in [1.29, 1.82) is 0 Å². The Morgan fingerprint density at radius 2 is 1.87 bits per heavy atom. The molecule has 2 aromatic carbocycles. The minimum absolute atomic E-state index is 0.301. The second-order valence-corrected chi connectivity index (χ2v) is 5.48. The topological polar surface area (TPSA) is 55.6 Å². The molecule has 2 aromatic rings. The van der Waals surface area contributed by atoms with Gasteiger partial charge in [0.2, 0.25) is 6.54 Å². The number of thiocarbonyl (C=S) groups is 1. The predicted molar refractivity (Wildman–Crippen MR) is 95.2 cm³/mol. The van der Waals surface area contributed by atoms with Crippen molar-refractivity contribution in [3.8, 4) is 0 Å². The van der Waals surface area contributed by atoms with Gasteiger partial charge in [-0.1, -0.05) is 42.5 Å². The van der Waals surface area contributed by atoms with Crippen LogP contribution in [0.4, 0.5) is 0 Å². The molecule has 0 N–H and O–H groups in total. The Balaban J connectivity index is 2.37. The Morgan fingerprint density at radius 3 is 2.52 bits per heavy atom. The molecule has 6 heteroatoms. The Morgan fingerprint density at radius 1 is 1.22 bits per heavy atom. The van der Waals surface area contributed by atoms with Gasteiger partial charge in [-0.2, -0.15) is 0 Å². The van der Waals surface area contributed by atoms with Gasteiger partial charge in [-0.25, -0.2) is 0 Å². The number of hydrogen-bond donors (Lipinski definition) is 0. The lowest BCUT2D eigenvalue weighted by atomic mass is 10.0. The molecule has 1 atom stereocenters. The molecule has 0 radical (unpaired) electrons. The Bertz CT molecular complexity index is 696. The van der Waals surface area contributed by atoms with E-state index in [0.29, 0.717) is 18.3 Å². The summed E-state index contributed by atoms with van der Waals surface area (Å²) in [5.74, 6) is 0. The van der Waals surface area contributed by atoms with E-state index in [4.69, 9.17) is 17.0 Å². The molecule has 5 nitrogen and oxygen atoms in total. The van der Waals surface area contributed by atoms with E-state index >= 15 is 0 Å². The van der Waals surface area contributed by atoms with E-state index in [1.807, 2.05) is 61.2 Å². The van der Waals surface area contributed by atoms with Crippen LogP contribution in [0.3, 0.4) is 0 Å². The summed E-state index contributed by atoms with van der Waals surface area (Å²) in [4.78, 5) is 12.6. The Kier molecular flexibility index (Phi) is 5.87. The molecule has 0 aliphatic heterocycles. The molecule has 0 aliphatic rings. The summed E-state index contributed by atoms with van der Waals surface area (Å²) < 4.78 is 5.82. The molecule has 0 spiro atoms. The Hall–Kier alpha value is -2.21. The van der Waals surface area contributed by atoms with Crippen LogP contribution in [0.25, 0.3) is 10.8 Å². The highest BCUT2D eigenvalue weighted by molar-refractivity contribution is 7.80. The van der Waals surface area contributed by atoms with Crippen LogP contribution in [0.15, 0.2) is 42.5 Å². The average molecular weight is 332 g/mol. The van der Waals surface area contributed by atoms with E-state index < -0.39 is 6.10 Å². The van der Waals surface area contributed by atoms with Crippen molar-refractivity contribution in [1.82, 2.24) is 4.90 Å². The molecular weight excluding hydrogens is 312 g/mol. The molecule has 23 heavy (non-hydrogen) atoms. The van der Waals surface area contributed by atoms with Crippen molar-refractivity contribution in [3.05, 3.63) is 58.1 Å². The minimum Gasteiger partial charge on any atom is -0.456 e. The summed E-state index contributed by atoms with van der Waals surface area (Å²) in [6, 6.07) is 13.5. The van der Waals surface area contributed by atoms with Crippen LogP contribution in [0.5, 0.6) is 0 Å². The van der Waals surface area contributed by atoms with E-state index in [1.165, 1.54) is 0 Å². The summed E-state index contributed by atoms with van der Waals surface area (Å²) in [5.41, 5.74) is 0.786. The summed E-state index contributed by atoms with van der Waals surface area (Å²) in [6.45, 7) is 5.03. The third-order valence-electron chi connectivity index (χ3n) is 3.75. The number of nitrogens with zero attached hydrogens (tertiary/aromatic N) is 2. The van der Waals surface area contributed by atoms with Crippen LogP contribution < -0.4 is 0 Å². The van der Waals surface area contributed by atoms with Gasteiger partial charge in [0.1, 0.15) is 0 Å². The van der Waals surface area contributed by atoms with Gasteiger partial charge >= 0.3 is 0 Å². The fourth-order valence-electron chi connectivity index (χ4n) is 2.54. The zero-order chi connectivity index (χ0) is 16.8. The predicted octanol–water partition coefficient (Wildman–Crippen LogP) is 3.80. The SMILES string of the molecule is CCN(CC)C(=S)OC(C[N+](=O)[O-])c1cccc2ccccc12. The van der Waals surface area contributed by atoms with Gasteiger partial charge in [0, 0.05) is 23.6 Å². The summed E-state index contributed by atoms with van der Waals surface area (Å²) >= 11 is 5.31. The van der Waals surface area contributed by atoms with E-state index in [-0.39, 0.29) is 11.5 Å². The summed E-state index contributed by atoms with van der Waals surface area (Å²) in [7, 11) is 0. The first-order valence-corrected chi connectivity index (χ1v) is 8.02. The highest BCUT2D eigenvalue weighted by Crippen LogP contribution is 2.27. The number of ether oxygens (including phenoxy) is 1. The lowest BCUT2D eigenvalue weighted by Crippen LogP contribution is -2.33. The highest BCUT2D eigenvalue weighted by atomic mass is 32.1. The largest absolute Gasteiger partial charge is 0.456 e. The smallest absolute Gasteiger partial charge is 0.260 e. The maximum Gasteiger partial charge on any atom is 0.260 e. The summed E-state index contributed by atoms with van der Waals surface area (Å²) in [5, 5.41) is 13.4. The molecule has 2 rings (SSSR count). The second-order valence-electron chi connectivity index (χ2n) is 5.13. The van der Waals surface area contributed by atoms with E-state index in [0.717, 1.165) is 16.3 Å². The monoisotopic (exact) mass is 332 g/mol. The normalized spacial score (nSPS) is 11.9. The highest BCUT2D eigenvalue weighted by Gasteiger charge is 2.24. The lowest BCUT2D eigenvalue weighted by molar-refractivity contribution is -0.490. The standard InChI is InChI=1S/C17H20N2O3S/c1-3-18(4-2)17(23)22-16(12-19(20)21)15-11-7-9-13-8-5-6-10-14(13)15/h5-11,16H,3-4,12H2,1-2H3. The molecule has 0 bridgehead atoms. The van der Waals surface area contributed by atoms with E-state index in [1.54, 1.807) is 0 Å². The van der Waals surface area contributed by atoms with Crippen LogP contribution in [-0.2, 0) is 4.74 Å². The van der Waals surface area contributed by atoms with Gasteiger partial charge in [0.05, 0.1) is 0 Å². The maximum absolute atomic E-state index is 11.1. The van der Waals surface area contributed by atoms with Gasteiger partial charge in [-0.05, 0) is 36.8 Å². The number of fused-ring (bicyclic) bond motifs is 1. The molecule has 1 unspecified atom stereocenters. The van der Waals surface area contributed by atoms with E-state index in [2.05, 4.69) is 0 Å².